The van der Waals surface area contributed by atoms with Gasteiger partial charge in [0.1, 0.15) is 6.04 Å². The van der Waals surface area contributed by atoms with E-state index in [-0.39, 0.29) is 6.10 Å². The molecule has 0 aliphatic rings. The molecule has 0 radical (unpaired) electrons. The molecule has 0 saturated carbocycles. The van der Waals surface area contributed by atoms with E-state index in [1.807, 2.05) is 13.8 Å². The Morgan fingerprint density at radius 3 is 2.62 bits per heavy atom. The number of carboxylic acid groups (broad SMARTS) is 1. The Morgan fingerprint density at radius 2 is 2.23 bits per heavy atom. The van der Waals surface area contributed by atoms with E-state index in [4.69, 9.17) is 9.84 Å². The second-order valence-electron chi connectivity index (χ2n) is 3.06. The zero-order valence-electron chi connectivity index (χ0n) is 8.54. The molecule has 0 aromatic carbocycles. The maximum atomic E-state index is 10.6. The molecular formula is C9H19NO3. The van der Waals surface area contributed by atoms with Crippen LogP contribution in [-0.2, 0) is 9.53 Å². The zero-order valence-corrected chi connectivity index (χ0v) is 8.54. The molecule has 0 aliphatic heterocycles. The molecule has 0 amide bonds. The number of hydrogen-bond acceptors (Lipinski definition) is 3. The molecule has 0 saturated heterocycles. The van der Waals surface area contributed by atoms with E-state index >= 15 is 0 Å². The molecular weight excluding hydrogens is 170 g/mol. The number of ether oxygens (including phenoxy) is 1. The van der Waals surface area contributed by atoms with Crippen molar-refractivity contribution in [1.29, 1.82) is 0 Å². The average Bonchev–Trinajstić information content (AvgIpc) is 2.11. The van der Waals surface area contributed by atoms with Crippen LogP contribution in [0.2, 0.25) is 0 Å². The molecule has 4 heteroatoms. The topological polar surface area (TPSA) is 58.6 Å². The molecule has 4 nitrogen and oxygen atoms in total. The normalized spacial score (nSPS) is 15.3. The third-order valence-corrected chi connectivity index (χ3v) is 2.03. The fourth-order valence-corrected chi connectivity index (χ4v) is 0.896. The van der Waals surface area contributed by atoms with Crippen LogP contribution in [0.25, 0.3) is 0 Å². The van der Waals surface area contributed by atoms with Crippen LogP contribution in [0.3, 0.4) is 0 Å². The standard InChI is InChI=1S/C9H19NO3/c1-4-7(2)13-6-5-8(10-3)9(11)12/h7-8,10H,4-6H2,1-3H3,(H,11,12). The smallest absolute Gasteiger partial charge is 0.320 e. The molecule has 0 bridgehead atoms. The highest BCUT2D eigenvalue weighted by Gasteiger charge is 2.14. The molecule has 0 aromatic rings. The van der Waals surface area contributed by atoms with E-state index in [0.717, 1.165) is 6.42 Å². The predicted octanol–water partition coefficient (Wildman–Crippen LogP) is 0.864. The fraction of sp³-hybridized carbons (Fsp3) is 0.889. The van der Waals surface area contributed by atoms with Crippen molar-refractivity contribution in [3.05, 3.63) is 0 Å². The summed E-state index contributed by atoms with van der Waals surface area (Å²) >= 11 is 0. The second kappa shape index (κ2) is 6.86. The van der Waals surface area contributed by atoms with E-state index in [0.29, 0.717) is 13.0 Å². The molecule has 0 aliphatic carbocycles. The third-order valence-electron chi connectivity index (χ3n) is 2.03. The lowest BCUT2D eigenvalue weighted by Gasteiger charge is -2.14. The molecule has 2 unspecified atom stereocenters. The SMILES string of the molecule is CCC(C)OCCC(NC)C(=O)O. The van der Waals surface area contributed by atoms with Crippen LogP contribution in [0.1, 0.15) is 26.7 Å². The van der Waals surface area contributed by atoms with E-state index in [9.17, 15) is 4.79 Å². The monoisotopic (exact) mass is 189 g/mol. The Hall–Kier alpha value is -0.610. The van der Waals surface area contributed by atoms with Crippen LogP contribution >= 0.6 is 0 Å². The van der Waals surface area contributed by atoms with Gasteiger partial charge in [0.15, 0.2) is 0 Å². The molecule has 0 aromatic heterocycles. The van der Waals surface area contributed by atoms with Gasteiger partial charge in [0.2, 0.25) is 0 Å². The summed E-state index contributed by atoms with van der Waals surface area (Å²) in [6.07, 6.45) is 1.68. The van der Waals surface area contributed by atoms with Crippen LogP contribution in [-0.4, -0.2) is 36.9 Å². The molecule has 0 fully saturated rings. The maximum Gasteiger partial charge on any atom is 0.320 e. The summed E-state index contributed by atoms with van der Waals surface area (Å²) in [5.41, 5.74) is 0. The van der Waals surface area contributed by atoms with Gasteiger partial charge in [0.05, 0.1) is 6.10 Å². The number of hydrogen-bond donors (Lipinski definition) is 2. The van der Waals surface area contributed by atoms with Crippen LogP contribution in [0, 0.1) is 0 Å². The van der Waals surface area contributed by atoms with E-state index in [1.54, 1.807) is 7.05 Å². The first-order valence-corrected chi connectivity index (χ1v) is 4.63. The number of carboxylic acids is 1. The van der Waals surface area contributed by atoms with Gasteiger partial charge >= 0.3 is 5.97 Å². The van der Waals surface area contributed by atoms with Gasteiger partial charge in [-0.05, 0) is 26.8 Å². The summed E-state index contributed by atoms with van der Waals surface area (Å²) in [4.78, 5) is 10.6. The first kappa shape index (κ1) is 12.4. The lowest BCUT2D eigenvalue weighted by Crippen LogP contribution is -2.35. The van der Waals surface area contributed by atoms with Gasteiger partial charge in [-0.1, -0.05) is 6.92 Å². The Morgan fingerprint density at radius 1 is 1.62 bits per heavy atom. The third kappa shape index (κ3) is 5.60. The minimum absolute atomic E-state index is 0.214. The quantitative estimate of drug-likeness (QED) is 0.623. The fourth-order valence-electron chi connectivity index (χ4n) is 0.896. The Bertz CT molecular complexity index is 150. The van der Waals surface area contributed by atoms with Gasteiger partial charge in [0.25, 0.3) is 0 Å². The Balaban J connectivity index is 3.55. The van der Waals surface area contributed by atoms with E-state index in [2.05, 4.69) is 5.32 Å². The maximum absolute atomic E-state index is 10.6. The molecule has 0 rings (SSSR count). The van der Waals surface area contributed by atoms with Crippen molar-refractivity contribution in [3.8, 4) is 0 Å². The summed E-state index contributed by atoms with van der Waals surface area (Å²) in [5, 5.41) is 11.4. The van der Waals surface area contributed by atoms with Crippen molar-refractivity contribution in [3.63, 3.8) is 0 Å². The van der Waals surface area contributed by atoms with Gasteiger partial charge in [-0.25, -0.2) is 0 Å². The summed E-state index contributed by atoms with van der Waals surface area (Å²) < 4.78 is 5.37. The van der Waals surface area contributed by atoms with Crippen molar-refractivity contribution >= 4 is 5.97 Å². The highest BCUT2D eigenvalue weighted by molar-refractivity contribution is 5.73. The van der Waals surface area contributed by atoms with Crippen molar-refractivity contribution in [2.45, 2.75) is 38.8 Å². The number of rotatable bonds is 7. The van der Waals surface area contributed by atoms with E-state index < -0.39 is 12.0 Å². The van der Waals surface area contributed by atoms with Crippen LogP contribution < -0.4 is 5.32 Å². The molecule has 0 heterocycles. The summed E-state index contributed by atoms with van der Waals surface area (Å²) in [6, 6.07) is -0.496. The van der Waals surface area contributed by atoms with E-state index in [1.165, 1.54) is 0 Å². The Kier molecular flexibility index (Phi) is 6.54. The van der Waals surface area contributed by atoms with Crippen molar-refractivity contribution in [2.24, 2.45) is 0 Å². The van der Waals surface area contributed by atoms with Crippen molar-refractivity contribution in [1.82, 2.24) is 5.32 Å². The molecule has 2 atom stereocenters. The lowest BCUT2D eigenvalue weighted by molar-refractivity contribution is -0.140. The Labute approximate surface area is 79.3 Å². The molecule has 2 N–H and O–H groups in total. The van der Waals surface area contributed by atoms with Gasteiger partial charge in [0, 0.05) is 6.61 Å². The van der Waals surface area contributed by atoms with Gasteiger partial charge in [-0.2, -0.15) is 0 Å². The first-order chi connectivity index (χ1) is 6.11. The summed E-state index contributed by atoms with van der Waals surface area (Å²) in [6.45, 7) is 4.51. The first-order valence-electron chi connectivity index (χ1n) is 4.63. The van der Waals surface area contributed by atoms with Crippen molar-refractivity contribution < 1.29 is 14.6 Å². The average molecular weight is 189 g/mol. The van der Waals surface area contributed by atoms with Crippen LogP contribution in [0.15, 0.2) is 0 Å². The van der Waals surface area contributed by atoms with Gasteiger partial charge < -0.3 is 15.2 Å². The highest BCUT2D eigenvalue weighted by atomic mass is 16.5. The summed E-state index contributed by atoms with van der Waals surface area (Å²) in [7, 11) is 1.64. The van der Waals surface area contributed by atoms with Gasteiger partial charge in [-0.3, -0.25) is 4.79 Å². The highest BCUT2D eigenvalue weighted by Crippen LogP contribution is 1.99. The van der Waals surface area contributed by atoms with Crippen molar-refractivity contribution in [2.75, 3.05) is 13.7 Å². The molecule has 0 spiro atoms. The second-order valence-corrected chi connectivity index (χ2v) is 3.06. The number of aliphatic carboxylic acids is 1. The minimum atomic E-state index is -0.824. The minimum Gasteiger partial charge on any atom is -0.480 e. The lowest BCUT2D eigenvalue weighted by atomic mass is 10.2. The number of likely N-dealkylation sites (N-methyl/N-ethyl adjacent to an activating group) is 1. The van der Waals surface area contributed by atoms with Crippen LogP contribution in [0.4, 0.5) is 0 Å². The largest absolute Gasteiger partial charge is 0.480 e. The van der Waals surface area contributed by atoms with Gasteiger partial charge in [-0.15, -0.1) is 0 Å². The summed E-state index contributed by atoms with van der Waals surface area (Å²) in [5.74, 6) is -0.824. The molecule has 78 valence electrons. The number of nitrogens with one attached hydrogen (secondary N) is 1. The zero-order chi connectivity index (χ0) is 10.3. The molecule has 13 heavy (non-hydrogen) atoms. The van der Waals surface area contributed by atoms with Crippen LogP contribution in [0.5, 0.6) is 0 Å². The predicted molar refractivity (Wildman–Crippen MR) is 50.8 cm³/mol. The number of carbonyl (C=O) groups is 1.